The van der Waals surface area contributed by atoms with Crippen molar-refractivity contribution in [2.45, 2.75) is 6.18 Å². The first-order valence-corrected chi connectivity index (χ1v) is 10.1. The highest BCUT2D eigenvalue weighted by Crippen LogP contribution is 2.34. The summed E-state index contributed by atoms with van der Waals surface area (Å²) in [4.78, 5) is 29.9. The van der Waals surface area contributed by atoms with E-state index >= 15 is 0 Å². The van der Waals surface area contributed by atoms with Gasteiger partial charge in [0, 0.05) is 12.6 Å². The van der Waals surface area contributed by atoms with Crippen LogP contribution in [-0.4, -0.2) is 37.6 Å². The van der Waals surface area contributed by atoms with Crippen molar-refractivity contribution in [1.82, 2.24) is 24.5 Å². The van der Waals surface area contributed by atoms with Gasteiger partial charge in [-0.05, 0) is 30.3 Å². The van der Waals surface area contributed by atoms with E-state index in [-0.39, 0.29) is 27.8 Å². The van der Waals surface area contributed by atoms with Gasteiger partial charge in [0.2, 0.25) is 0 Å². The van der Waals surface area contributed by atoms with Gasteiger partial charge in [0.25, 0.3) is 5.56 Å². The second-order valence-corrected chi connectivity index (χ2v) is 7.70. The number of alkyl halides is 3. The van der Waals surface area contributed by atoms with Crippen molar-refractivity contribution in [3.05, 3.63) is 76.0 Å². The number of hydrogen-bond acceptors (Lipinski definition) is 5. The van der Waals surface area contributed by atoms with Gasteiger partial charge in [0.1, 0.15) is 5.82 Å². The molecule has 35 heavy (non-hydrogen) atoms. The van der Waals surface area contributed by atoms with E-state index in [9.17, 15) is 27.2 Å². The number of methoxy groups -OCH3 is 1. The van der Waals surface area contributed by atoms with Crippen LogP contribution in [-0.2, 0) is 18.0 Å². The maximum Gasteiger partial charge on any atom is 0.416 e. The monoisotopic (exact) mass is 485 g/mol. The average Bonchev–Trinajstić information content (AvgIpc) is 3.38. The summed E-state index contributed by atoms with van der Waals surface area (Å²) in [7, 11) is 2.70. The second kappa shape index (κ2) is 7.79. The van der Waals surface area contributed by atoms with Gasteiger partial charge < -0.3 is 4.74 Å². The minimum Gasteiger partial charge on any atom is -0.465 e. The molecule has 0 atom stereocenters. The highest BCUT2D eigenvalue weighted by molar-refractivity contribution is 6.07. The third-order valence-electron chi connectivity index (χ3n) is 5.60. The largest absolute Gasteiger partial charge is 0.465 e. The number of halogens is 4. The van der Waals surface area contributed by atoms with Crippen molar-refractivity contribution >= 4 is 27.9 Å². The smallest absolute Gasteiger partial charge is 0.416 e. The zero-order chi connectivity index (χ0) is 25.1. The lowest BCUT2D eigenvalue weighted by molar-refractivity contribution is -0.137. The number of H-pyrrole nitrogens is 1. The molecule has 1 N–H and O–H groups in total. The summed E-state index contributed by atoms with van der Waals surface area (Å²) in [6.07, 6.45) is -3.13. The van der Waals surface area contributed by atoms with Crippen molar-refractivity contribution in [1.29, 1.82) is 0 Å². The Balaban J connectivity index is 1.84. The van der Waals surface area contributed by atoms with Gasteiger partial charge in [0.05, 0.1) is 52.1 Å². The first-order valence-electron chi connectivity index (χ1n) is 10.1. The van der Waals surface area contributed by atoms with E-state index < -0.39 is 34.6 Å². The molecule has 0 unspecified atom stereocenters. The SMILES string of the molecule is COC(=O)c1cc(-n2[nH]c3c(c(-c4cccc(C(F)(F)F)c4)nc4c3cnn4C)c2=O)ccc1F. The highest BCUT2D eigenvalue weighted by Gasteiger charge is 2.31. The number of ether oxygens (including phenoxy) is 1. The summed E-state index contributed by atoms with van der Waals surface area (Å²) in [5, 5.41) is 7.51. The predicted octanol–water partition coefficient (Wildman–Crippen LogP) is 4.21. The van der Waals surface area contributed by atoms with E-state index in [1.807, 2.05) is 0 Å². The van der Waals surface area contributed by atoms with Gasteiger partial charge in [-0.3, -0.25) is 14.6 Å². The maximum atomic E-state index is 14.1. The Morgan fingerprint density at radius 1 is 1.14 bits per heavy atom. The maximum absolute atomic E-state index is 14.1. The summed E-state index contributed by atoms with van der Waals surface area (Å²) >= 11 is 0. The van der Waals surface area contributed by atoms with E-state index in [1.54, 1.807) is 7.05 Å². The van der Waals surface area contributed by atoms with Crippen LogP contribution in [0.5, 0.6) is 0 Å². The number of rotatable bonds is 3. The van der Waals surface area contributed by atoms with Gasteiger partial charge in [0.15, 0.2) is 5.65 Å². The van der Waals surface area contributed by atoms with Crippen LogP contribution in [0.15, 0.2) is 53.5 Å². The highest BCUT2D eigenvalue weighted by atomic mass is 19.4. The number of esters is 1. The molecule has 0 saturated carbocycles. The number of carbonyl (C=O) groups excluding carboxylic acids is 1. The van der Waals surface area contributed by atoms with E-state index in [0.717, 1.165) is 36.1 Å². The molecule has 5 rings (SSSR count). The first kappa shape index (κ1) is 22.3. The number of aromatic nitrogens is 5. The molecule has 178 valence electrons. The lowest BCUT2D eigenvalue weighted by atomic mass is 10.0. The van der Waals surface area contributed by atoms with Crippen LogP contribution in [0, 0.1) is 5.82 Å². The van der Waals surface area contributed by atoms with Crippen LogP contribution in [0.4, 0.5) is 17.6 Å². The number of hydrogen-bond donors (Lipinski definition) is 1. The molecule has 0 aliphatic carbocycles. The third-order valence-corrected chi connectivity index (χ3v) is 5.60. The van der Waals surface area contributed by atoms with Crippen LogP contribution in [0.2, 0.25) is 0 Å². The molecule has 8 nitrogen and oxygen atoms in total. The van der Waals surface area contributed by atoms with E-state index in [0.29, 0.717) is 11.0 Å². The molecule has 0 saturated heterocycles. The normalized spacial score (nSPS) is 11.9. The molecule has 0 spiro atoms. The van der Waals surface area contributed by atoms with Crippen molar-refractivity contribution in [3.63, 3.8) is 0 Å². The Kier molecular flexibility index (Phi) is 4.97. The quantitative estimate of drug-likeness (QED) is 0.305. The Bertz CT molecular complexity index is 1700. The molecule has 5 aromatic rings. The van der Waals surface area contributed by atoms with Crippen LogP contribution in [0.25, 0.3) is 38.9 Å². The first-order chi connectivity index (χ1) is 16.6. The fourth-order valence-electron chi connectivity index (χ4n) is 3.91. The minimum absolute atomic E-state index is 0.00812. The molecule has 0 aliphatic rings. The Morgan fingerprint density at radius 3 is 2.63 bits per heavy atom. The topological polar surface area (TPSA) is 94.8 Å². The van der Waals surface area contributed by atoms with E-state index in [2.05, 4.69) is 19.9 Å². The number of fused-ring (bicyclic) bond motifs is 3. The number of benzene rings is 2. The molecule has 12 heteroatoms. The molecule has 0 radical (unpaired) electrons. The summed E-state index contributed by atoms with van der Waals surface area (Å²) in [6, 6.07) is 7.90. The van der Waals surface area contributed by atoms with Crippen molar-refractivity contribution in [2.75, 3.05) is 7.11 Å². The Hall–Kier alpha value is -4.48. The van der Waals surface area contributed by atoms with Crippen LogP contribution < -0.4 is 5.56 Å². The molecule has 0 aliphatic heterocycles. The number of nitrogens with zero attached hydrogens (tertiary/aromatic N) is 4. The van der Waals surface area contributed by atoms with Crippen LogP contribution >= 0.6 is 0 Å². The summed E-state index contributed by atoms with van der Waals surface area (Å²) in [6.45, 7) is 0. The molecule has 0 fully saturated rings. The molecule has 0 amide bonds. The number of carbonyl (C=O) groups is 1. The number of aryl methyl sites for hydroxylation is 1. The fourth-order valence-corrected chi connectivity index (χ4v) is 3.91. The average molecular weight is 485 g/mol. The standard InChI is InChI=1S/C23H15F4N5O3/c1-31-20-15(10-28-31)19-17(18(29-20)11-4-3-5-12(8-11)23(25,26)27)21(33)32(30-19)13-6-7-16(24)14(9-13)22(34)35-2/h3-10,30H,1-2H3. The van der Waals surface area contributed by atoms with Gasteiger partial charge in [-0.15, -0.1) is 0 Å². The fraction of sp³-hybridized carbons (Fsp3) is 0.130. The lowest BCUT2D eigenvalue weighted by Crippen LogP contribution is -2.16. The summed E-state index contributed by atoms with van der Waals surface area (Å²) in [5.74, 6) is -1.78. The molecule has 3 aromatic heterocycles. The predicted molar refractivity (Wildman–Crippen MR) is 118 cm³/mol. The molecule has 0 bridgehead atoms. The van der Waals surface area contributed by atoms with Gasteiger partial charge >= 0.3 is 12.1 Å². The zero-order valence-electron chi connectivity index (χ0n) is 18.1. The number of aromatic amines is 1. The number of pyridine rings is 1. The van der Waals surface area contributed by atoms with Crippen molar-refractivity contribution < 1.29 is 27.1 Å². The van der Waals surface area contributed by atoms with E-state index in [4.69, 9.17) is 0 Å². The third kappa shape index (κ3) is 3.54. The minimum atomic E-state index is -4.59. The van der Waals surface area contributed by atoms with Crippen LogP contribution in [0.1, 0.15) is 15.9 Å². The Morgan fingerprint density at radius 2 is 1.91 bits per heavy atom. The Labute approximate surface area is 193 Å². The molecular weight excluding hydrogens is 470 g/mol. The van der Waals surface area contributed by atoms with Gasteiger partial charge in [-0.2, -0.15) is 18.3 Å². The zero-order valence-corrected chi connectivity index (χ0v) is 18.1. The second-order valence-electron chi connectivity index (χ2n) is 7.70. The van der Waals surface area contributed by atoms with Crippen molar-refractivity contribution in [2.24, 2.45) is 7.05 Å². The summed E-state index contributed by atoms with van der Waals surface area (Å²) < 4.78 is 61.3. The van der Waals surface area contributed by atoms with Gasteiger partial charge in [-0.25, -0.2) is 18.9 Å². The van der Waals surface area contributed by atoms with Crippen LogP contribution in [0.3, 0.4) is 0 Å². The molecule has 2 aromatic carbocycles. The van der Waals surface area contributed by atoms with Gasteiger partial charge in [-0.1, -0.05) is 12.1 Å². The lowest BCUT2D eigenvalue weighted by Gasteiger charge is -2.09. The van der Waals surface area contributed by atoms with Crippen molar-refractivity contribution in [3.8, 4) is 16.9 Å². The summed E-state index contributed by atoms with van der Waals surface area (Å²) in [5.41, 5.74) is -1.15. The number of nitrogens with one attached hydrogen (secondary N) is 1. The van der Waals surface area contributed by atoms with E-state index in [1.165, 1.54) is 29.1 Å². The molecular formula is C23H15F4N5O3. The molecule has 3 heterocycles.